The number of hydrogen-bond acceptors (Lipinski definition) is 2. The highest BCUT2D eigenvalue weighted by Crippen LogP contribution is 2.07. The maximum Gasteiger partial charge on any atom is 0.219 e. The molecule has 0 aliphatic rings. The van der Waals surface area contributed by atoms with Gasteiger partial charge in [0.2, 0.25) is 5.91 Å². The number of rotatable bonds is 5. The van der Waals surface area contributed by atoms with Crippen LogP contribution >= 0.6 is 11.3 Å². The minimum absolute atomic E-state index is 0.166. The Hall–Kier alpha value is -0.830. The second-order valence-corrected chi connectivity index (χ2v) is 3.96. The van der Waals surface area contributed by atoms with Crippen molar-refractivity contribution in [1.29, 1.82) is 0 Å². The molecule has 13 heavy (non-hydrogen) atoms. The van der Waals surface area contributed by atoms with Crippen molar-refractivity contribution >= 4 is 17.2 Å². The summed E-state index contributed by atoms with van der Waals surface area (Å²) < 4.78 is 0. The Morgan fingerprint density at radius 1 is 1.62 bits per heavy atom. The van der Waals surface area contributed by atoms with Crippen LogP contribution in [0.25, 0.3) is 0 Å². The van der Waals surface area contributed by atoms with E-state index in [-0.39, 0.29) is 5.91 Å². The molecule has 0 aromatic carbocycles. The van der Waals surface area contributed by atoms with Gasteiger partial charge in [-0.15, -0.1) is 11.3 Å². The molecular weight excluding hydrogens is 182 g/mol. The lowest BCUT2D eigenvalue weighted by Crippen LogP contribution is -2.24. The molecule has 0 aliphatic carbocycles. The molecule has 0 fully saturated rings. The minimum Gasteiger partial charge on any atom is -0.356 e. The van der Waals surface area contributed by atoms with E-state index >= 15 is 0 Å². The summed E-state index contributed by atoms with van der Waals surface area (Å²) in [5.74, 6) is 0.166. The molecule has 1 rings (SSSR count). The smallest absolute Gasteiger partial charge is 0.219 e. The molecule has 1 heterocycles. The number of hydrogen-bond donors (Lipinski definition) is 1. The molecule has 0 saturated heterocycles. The third kappa shape index (κ3) is 4.08. The molecule has 1 aromatic rings. The van der Waals surface area contributed by atoms with Gasteiger partial charge in [-0.25, -0.2) is 0 Å². The van der Waals surface area contributed by atoms with Crippen LogP contribution < -0.4 is 5.32 Å². The van der Waals surface area contributed by atoms with E-state index in [1.165, 1.54) is 4.88 Å². The average Bonchev–Trinajstić information content (AvgIpc) is 2.57. The maximum atomic E-state index is 11.1. The Balaban J connectivity index is 2.11. The summed E-state index contributed by atoms with van der Waals surface area (Å²) in [5, 5.41) is 4.95. The average molecular weight is 197 g/mol. The third-order valence-electron chi connectivity index (χ3n) is 1.75. The lowest BCUT2D eigenvalue weighted by atomic mass is 10.3. The van der Waals surface area contributed by atoms with Crippen molar-refractivity contribution in [2.75, 3.05) is 6.54 Å². The second-order valence-electron chi connectivity index (χ2n) is 2.93. The molecule has 1 N–H and O–H groups in total. The Kier molecular flexibility index (Phi) is 4.54. The van der Waals surface area contributed by atoms with Crippen LogP contribution in [0.2, 0.25) is 0 Å². The van der Waals surface area contributed by atoms with Gasteiger partial charge in [-0.05, 0) is 24.3 Å². The normalized spacial score (nSPS) is 9.92. The maximum absolute atomic E-state index is 11.1. The van der Waals surface area contributed by atoms with Gasteiger partial charge >= 0.3 is 0 Å². The summed E-state index contributed by atoms with van der Waals surface area (Å²) in [5.41, 5.74) is 0. The standard InChI is InChI=1S/C10H15NOS/c1-2-4-10(12)11-7-6-9-5-3-8-13-9/h3,5,8H,2,4,6-7H2,1H3,(H,11,12). The van der Waals surface area contributed by atoms with E-state index in [9.17, 15) is 4.79 Å². The Morgan fingerprint density at radius 2 is 2.46 bits per heavy atom. The van der Waals surface area contributed by atoms with Crippen LogP contribution in [0.4, 0.5) is 0 Å². The van der Waals surface area contributed by atoms with Gasteiger partial charge in [0.1, 0.15) is 0 Å². The van der Waals surface area contributed by atoms with Crippen LogP contribution in [0.3, 0.4) is 0 Å². The summed E-state index contributed by atoms with van der Waals surface area (Å²) in [7, 11) is 0. The van der Waals surface area contributed by atoms with Gasteiger partial charge in [0.25, 0.3) is 0 Å². The SMILES string of the molecule is CCCC(=O)NCCc1cccs1. The molecule has 0 spiro atoms. The lowest BCUT2D eigenvalue weighted by Gasteiger charge is -2.01. The highest BCUT2D eigenvalue weighted by Gasteiger charge is 1.98. The monoisotopic (exact) mass is 197 g/mol. The first-order valence-corrected chi connectivity index (χ1v) is 5.50. The van der Waals surface area contributed by atoms with Crippen molar-refractivity contribution in [3.63, 3.8) is 0 Å². The Morgan fingerprint density at radius 3 is 3.08 bits per heavy atom. The van der Waals surface area contributed by atoms with Gasteiger partial charge in [-0.2, -0.15) is 0 Å². The van der Waals surface area contributed by atoms with E-state index in [1.54, 1.807) is 11.3 Å². The van der Waals surface area contributed by atoms with E-state index in [4.69, 9.17) is 0 Å². The largest absolute Gasteiger partial charge is 0.356 e. The molecule has 1 aromatic heterocycles. The van der Waals surface area contributed by atoms with E-state index < -0.39 is 0 Å². The van der Waals surface area contributed by atoms with Crippen molar-refractivity contribution in [2.45, 2.75) is 26.2 Å². The molecule has 0 radical (unpaired) electrons. The summed E-state index contributed by atoms with van der Waals surface area (Å²) in [6.07, 6.45) is 2.52. The first kappa shape index (κ1) is 10.3. The number of thiophene rings is 1. The lowest BCUT2D eigenvalue weighted by molar-refractivity contribution is -0.121. The van der Waals surface area contributed by atoms with Crippen molar-refractivity contribution in [3.05, 3.63) is 22.4 Å². The van der Waals surface area contributed by atoms with Crippen molar-refractivity contribution < 1.29 is 4.79 Å². The van der Waals surface area contributed by atoms with Gasteiger partial charge in [-0.3, -0.25) is 4.79 Å². The van der Waals surface area contributed by atoms with E-state index in [0.29, 0.717) is 6.42 Å². The number of carbonyl (C=O) groups is 1. The van der Waals surface area contributed by atoms with Crippen LogP contribution in [-0.2, 0) is 11.2 Å². The summed E-state index contributed by atoms with van der Waals surface area (Å²) in [4.78, 5) is 12.4. The fourth-order valence-corrected chi connectivity index (χ4v) is 1.80. The molecule has 0 unspecified atom stereocenters. The zero-order valence-electron chi connectivity index (χ0n) is 7.88. The van der Waals surface area contributed by atoms with Gasteiger partial charge in [0.15, 0.2) is 0 Å². The topological polar surface area (TPSA) is 29.1 Å². The number of nitrogens with one attached hydrogen (secondary N) is 1. The van der Waals surface area contributed by atoms with Crippen molar-refractivity contribution in [3.8, 4) is 0 Å². The summed E-state index contributed by atoms with van der Waals surface area (Å²) in [6, 6.07) is 4.13. The molecule has 2 nitrogen and oxygen atoms in total. The molecule has 3 heteroatoms. The molecular formula is C10H15NOS. The highest BCUT2D eigenvalue weighted by atomic mass is 32.1. The Labute approximate surface area is 83.0 Å². The number of carbonyl (C=O) groups excluding carboxylic acids is 1. The molecule has 0 saturated carbocycles. The van der Waals surface area contributed by atoms with Crippen molar-refractivity contribution in [2.24, 2.45) is 0 Å². The second kappa shape index (κ2) is 5.75. The van der Waals surface area contributed by atoms with Crippen LogP contribution in [-0.4, -0.2) is 12.5 Å². The summed E-state index contributed by atoms with van der Waals surface area (Å²) >= 11 is 1.74. The third-order valence-corrected chi connectivity index (χ3v) is 2.69. The van der Waals surface area contributed by atoms with Gasteiger partial charge in [0.05, 0.1) is 0 Å². The first-order chi connectivity index (χ1) is 6.33. The van der Waals surface area contributed by atoms with E-state index in [2.05, 4.69) is 16.8 Å². The van der Waals surface area contributed by atoms with Crippen LogP contribution in [0.15, 0.2) is 17.5 Å². The van der Waals surface area contributed by atoms with Gasteiger partial charge in [-0.1, -0.05) is 13.0 Å². The van der Waals surface area contributed by atoms with Crippen molar-refractivity contribution in [1.82, 2.24) is 5.32 Å². The van der Waals surface area contributed by atoms with Crippen LogP contribution in [0, 0.1) is 0 Å². The molecule has 72 valence electrons. The summed E-state index contributed by atoms with van der Waals surface area (Å²) in [6.45, 7) is 2.78. The fourth-order valence-electron chi connectivity index (χ4n) is 1.10. The molecule has 1 amide bonds. The van der Waals surface area contributed by atoms with Crippen LogP contribution in [0.1, 0.15) is 24.6 Å². The van der Waals surface area contributed by atoms with E-state index in [1.807, 2.05) is 13.0 Å². The Bertz CT molecular complexity index is 243. The van der Waals surface area contributed by atoms with E-state index in [0.717, 1.165) is 19.4 Å². The predicted molar refractivity (Wildman–Crippen MR) is 55.9 cm³/mol. The van der Waals surface area contributed by atoms with Gasteiger partial charge < -0.3 is 5.32 Å². The zero-order valence-corrected chi connectivity index (χ0v) is 8.69. The van der Waals surface area contributed by atoms with Crippen LogP contribution in [0.5, 0.6) is 0 Å². The first-order valence-electron chi connectivity index (χ1n) is 4.62. The fraction of sp³-hybridized carbons (Fsp3) is 0.500. The molecule has 0 aliphatic heterocycles. The minimum atomic E-state index is 0.166. The number of amides is 1. The van der Waals surface area contributed by atoms with Gasteiger partial charge in [0, 0.05) is 17.8 Å². The highest BCUT2D eigenvalue weighted by molar-refractivity contribution is 7.09. The molecule has 0 atom stereocenters. The zero-order chi connectivity index (χ0) is 9.52. The quantitative estimate of drug-likeness (QED) is 0.770. The predicted octanol–water partition coefficient (Wildman–Crippen LogP) is 2.21. The molecule has 0 bridgehead atoms.